The molecule has 0 bridgehead atoms. The van der Waals surface area contributed by atoms with E-state index >= 15 is 0 Å². The molecule has 1 atom stereocenters. The molecule has 0 radical (unpaired) electrons. The van der Waals surface area contributed by atoms with Crippen molar-refractivity contribution >= 4 is 17.9 Å². The SMILES string of the molecule is COc1cc(/C=C/C(=O)N2CCCC(Oc3ccnc(C(N)=O)c3)C2)cc(OC)c1OC. The highest BCUT2D eigenvalue weighted by molar-refractivity contribution is 5.92. The van der Waals surface area contributed by atoms with Crippen LogP contribution in [0.25, 0.3) is 6.08 Å². The van der Waals surface area contributed by atoms with Crippen LogP contribution in [-0.4, -0.2) is 62.2 Å². The molecule has 1 aliphatic rings. The molecule has 1 aromatic carbocycles. The molecular formula is C23H27N3O6. The molecule has 2 heterocycles. The molecule has 1 aliphatic heterocycles. The van der Waals surface area contributed by atoms with E-state index in [4.69, 9.17) is 24.7 Å². The average Bonchev–Trinajstić information content (AvgIpc) is 2.82. The number of piperidine rings is 1. The number of hydrogen-bond acceptors (Lipinski definition) is 7. The first-order valence-corrected chi connectivity index (χ1v) is 10.1. The number of benzene rings is 1. The number of carbonyl (C=O) groups excluding carboxylic acids is 2. The minimum atomic E-state index is -0.618. The van der Waals surface area contributed by atoms with Crippen LogP contribution in [0.3, 0.4) is 0 Å². The normalized spacial score (nSPS) is 16.0. The molecule has 0 aliphatic carbocycles. The molecule has 32 heavy (non-hydrogen) atoms. The molecule has 1 fully saturated rings. The van der Waals surface area contributed by atoms with Gasteiger partial charge in [0.15, 0.2) is 11.5 Å². The minimum Gasteiger partial charge on any atom is -0.493 e. The summed E-state index contributed by atoms with van der Waals surface area (Å²) in [5, 5.41) is 0. The second kappa shape index (κ2) is 10.5. The fraction of sp³-hybridized carbons (Fsp3) is 0.348. The lowest BCUT2D eigenvalue weighted by atomic mass is 10.1. The Morgan fingerprint density at radius 2 is 1.84 bits per heavy atom. The summed E-state index contributed by atoms with van der Waals surface area (Å²) in [4.78, 5) is 29.7. The van der Waals surface area contributed by atoms with Gasteiger partial charge in [0.2, 0.25) is 11.7 Å². The van der Waals surface area contributed by atoms with Crippen LogP contribution < -0.4 is 24.7 Å². The second-order valence-electron chi connectivity index (χ2n) is 7.20. The average molecular weight is 441 g/mol. The lowest BCUT2D eigenvalue weighted by Crippen LogP contribution is -2.43. The molecular weight excluding hydrogens is 414 g/mol. The van der Waals surface area contributed by atoms with Crippen LogP contribution in [0.4, 0.5) is 0 Å². The summed E-state index contributed by atoms with van der Waals surface area (Å²) >= 11 is 0. The Morgan fingerprint density at radius 3 is 2.47 bits per heavy atom. The highest BCUT2D eigenvalue weighted by Gasteiger charge is 2.24. The summed E-state index contributed by atoms with van der Waals surface area (Å²) in [6.45, 7) is 1.08. The van der Waals surface area contributed by atoms with Crippen LogP contribution in [0.5, 0.6) is 23.0 Å². The van der Waals surface area contributed by atoms with Crippen LogP contribution in [0.2, 0.25) is 0 Å². The number of methoxy groups -OCH3 is 3. The molecule has 3 rings (SSSR count). The number of amides is 2. The van der Waals surface area contributed by atoms with Crippen molar-refractivity contribution in [1.82, 2.24) is 9.88 Å². The largest absolute Gasteiger partial charge is 0.493 e. The number of pyridine rings is 1. The number of nitrogens with zero attached hydrogens (tertiary/aromatic N) is 2. The van der Waals surface area contributed by atoms with Crippen molar-refractivity contribution in [3.05, 3.63) is 47.8 Å². The minimum absolute atomic E-state index is 0.125. The highest BCUT2D eigenvalue weighted by Crippen LogP contribution is 2.38. The number of aromatic nitrogens is 1. The van der Waals surface area contributed by atoms with Gasteiger partial charge in [-0.3, -0.25) is 14.6 Å². The van der Waals surface area contributed by atoms with Gasteiger partial charge in [0.25, 0.3) is 5.91 Å². The maximum absolute atomic E-state index is 12.8. The van der Waals surface area contributed by atoms with E-state index in [2.05, 4.69) is 4.98 Å². The van der Waals surface area contributed by atoms with Gasteiger partial charge in [0.1, 0.15) is 17.5 Å². The van der Waals surface area contributed by atoms with Crippen LogP contribution in [0.1, 0.15) is 28.9 Å². The van der Waals surface area contributed by atoms with Gasteiger partial charge in [-0.15, -0.1) is 0 Å². The molecule has 1 aromatic heterocycles. The fourth-order valence-corrected chi connectivity index (χ4v) is 3.52. The Kier molecular flexibility index (Phi) is 7.54. The Labute approximate surface area is 186 Å². The first-order chi connectivity index (χ1) is 15.4. The maximum Gasteiger partial charge on any atom is 0.267 e. The van der Waals surface area contributed by atoms with E-state index in [1.165, 1.54) is 25.4 Å². The van der Waals surface area contributed by atoms with Gasteiger partial charge in [-0.05, 0) is 42.7 Å². The first-order valence-electron chi connectivity index (χ1n) is 10.1. The predicted octanol–water partition coefficient (Wildman–Crippen LogP) is 2.29. The summed E-state index contributed by atoms with van der Waals surface area (Å²) in [5.41, 5.74) is 6.15. The predicted molar refractivity (Wildman–Crippen MR) is 118 cm³/mol. The summed E-state index contributed by atoms with van der Waals surface area (Å²) in [6.07, 6.45) is 6.11. The number of rotatable bonds is 8. The molecule has 1 saturated heterocycles. The summed E-state index contributed by atoms with van der Waals surface area (Å²) in [6, 6.07) is 6.71. The molecule has 0 saturated carbocycles. The highest BCUT2D eigenvalue weighted by atomic mass is 16.5. The van der Waals surface area contributed by atoms with E-state index in [1.807, 2.05) is 0 Å². The zero-order chi connectivity index (χ0) is 23.1. The van der Waals surface area contributed by atoms with E-state index in [1.54, 1.807) is 43.4 Å². The van der Waals surface area contributed by atoms with Crippen molar-refractivity contribution in [2.75, 3.05) is 34.4 Å². The second-order valence-corrected chi connectivity index (χ2v) is 7.20. The lowest BCUT2D eigenvalue weighted by molar-refractivity contribution is -0.128. The van der Waals surface area contributed by atoms with Crippen LogP contribution in [0, 0.1) is 0 Å². The topological polar surface area (TPSA) is 113 Å². The number of carbonyl (C=O) groups is 2. The van der Waals surface area contributed by atoms with Crippen molar-refractivity contribution < 1.29 is 28.5 Å². The molecule has 0 spiro atoms. The molecule has 170 valence electrons. The molecule has 1 unspecified atom stereocenters. The standard InChI is InChI=1S/C23H27N3O6/c1-29-19-11-15(12-20(30-2)22(19)31-3)6-7-21(27)26-10-4-5-17(14-26)32-16-8-9-25-18(13-16)23(24)28/h6-9,11-13,17H,4-5,10,14H2,1-3H3,(H2,24,28)/b7-6+. The first kappa shape index (κ1) is 22.9. The lowest BCUT2D eigenvalue weighted by Gasteiger charge is -2.32. The Hall–Kier alpha value is -3.75. The third-order valence-corrected chi connectivity index (χ3v) is 5.08. The van der Waals surface area contributed by atoms with E-state index in [-0.39, 0.29) is 17.7 Å². The molecule has 2 aromatic rings. The number of primary amides is 1. The van der Waals surface area contributed by atoms with Crippen LogP contribution >= 0.6 is 0 Å². The van der Waals surface area contributed by atoms with E-state index in [0.29, 0.717) is 36.1 Å². The Bertz CT molecular complexity index is 982. The van der Waals surface area contributed by atoms with E-state index in [9.17, 15) is 9.59 Å². The summed E-state index contributed by atoms with van der Waals surface area (Å²) in [7, 11) is 4.62. The molecule has 9 nitrogen and oxygen atoms in total. The quantitative estimate of drug-likeness (QED) is 0.625. The third-order valence-electron chi connectivity index (χ3n) is 5.08. The van der Waals surface area contributed by atoms with Crippen molar-refractivity contribution in [2.24, 2.45) is 5.73 Å². The van der Waals surface area contributed by atoms with Gasteiger partial charge in [0.05, 0.1) is 27.9 Å². The van der Waals surface area contributed by atoms with E-state index < -0.39 is 5.91 Å². The smallest absolute Gasteiger partial charge is 0.267 e. The Balaban J connectivity index is 1.67. The number of likely N-dealkylation sites (tertiary alicyclic amines) is 1. The van der Waals surface area contributed by atoms with E-state index in [0.717, 1.165) is 18.4 Å². The number of nitrogens with two attached hydrogens (primary N) is 1. The summed E-state index contributed by atoms with van der Waals surface area (Å²) < 4.78 is 22.0. The fourth-order valence-electron chi connectivity index (χ4n) is 3.52. The van der Waals surface area contributed by atoms with Gasteiger partial charge >= 0.3 is 0 Å². The monoisotopic (exact) mass is 441 g/mol. The van der Waals surface area contributed by atoms with Gasteiger partial charge in [-0.1, -0.05) is 0 Å². The number of hydrogen-bond donors (Lipinski definition) is 1. The zero-order valence-electron chi connectivity index (χ0n) is 18.4. The van der Waals surface area contributed by atoms with Gasteiger partial charge in [0, 0.05) is 24.9 Å². The Morgan fingerprint density at radius 1 is 1.12 bits per heavy atom. The molecule has 9 heteroatoms. The van der Waals surface area contributed by atoms with Crippen molar-refractivity contribution in [3.8, 4) is 23.0 Å². The van der Waals surface area contributed by atoms with Gasteiger partial charge in [-0.2, -0.15) is 0 Å². The van der Waals surface area contributed by atoms with Crippen LogP contribution in [-0.2, 0) is 4.79 Å². The summed E-state index contributed by atoms with van der Waals surface area (Å²) in [5.74, 6) is 1.27. The van der Waals surface area contributed by atoms with Gasteiger partial charge < -0.3 is 29.6 Å². The zero-order valence-corrected chi connectivity index (χ0v) is 18.4. The van der Waals surface area contributed by atoms with Crippen molar-refractivity contribution in [2.45, 2.75) is 18.9 Å². The molecule has 2 N–H and O–H groups in total. The number of ether oxygens (including phenoxy) is 4. The van der Waals surface area contributed by atoms with Crippen LogP contribution in [0.15, 0.2) is 36.5 Å². The third kappa shape index (κ3) is 5.48. The van der Waals surface area contributed by atoms with Crippen molar-refractivity contribution in [1.29, 1.82) is 0 Å². The van der Waals surface area contributed by atoms with Gasteiger partial charge in [-0.25, -0.2) is 0 Å². The van der Waals surface area contributed by atoms with Crippen molar-refractivity contribution in [3.63, 3.8) is 0 Å². The maximum atomic E-state index is 12.8. The molecule has 2 amide bonds.